The van der Waals surface area contributed by atoms with E-state index in [4.69, 9.17) is 0 Å². The summed E-state index contributed by atoms with van der Waals surface area (Å²) in [5, 5.41) is 9.45. The molecule has 1 aromatic carbocycles. The quantitative estimate of drug-likeness (QED) is 0.906. The van der Waals surface area contributed by atoms with Crippen molar-refractivity contribution in [1.82, 2.24) is 9.80 Å². The van der Waals surface area contributed by atoms with E-state index >= 15 is 0 Å². The number of aliphatic hydroxyl groups is 1. The van der Waals surface area contributed by atoms with Crippen molar-refractivity contribution in [1.29, 1.82) is 0 Å². The summed E-state index contributed by atoms with van der Waals surface area (Å²) in [6, 6.07) is 10.0. The van der Waals surface area contributed by atoms with Crippen molar-refractivity contribution in [3.05, 3.63) is 35.4 Å². The number of rotatable bonds is 5. The first kappa shape index (κ1) is 16.0. The molecule has 3 nitrogen and oxygen atoms in total. The van der Waals surface area contributed by atoms with Crippen LogP contribution in [0.3, 0.4) is 0 Å². The molecule has 2 fully saturated rings. The highest BCUT2D eigenvalue weighted by atomic mass is 16.3. The van der Waals surface area contributed by atoms with Crippen LogP contribution in [0.2, 0.25) is 0 Å². The third-order valence-electron chi connectivity index (χ3n) is 5.52. The molecule has 3 heteroatoms. The van der Waals surface area contributed by atoms with Crippen molar-refractivity contribution >= 4 is 0 Å². The van der Waals surface area contributed by atoms with Crippen molar-refractivity contribution in [2.45, 2.75) is 57.7 Å². The van der Waals surface area contributed by atoms with Gasteiger partial charge in [-0.05, 0) is 37.3 Å². The normalized spacial score (nSPS) is 24.9. The second-order valence-electron chi connectivity index (χ2n) is 7.00. The van der Waals surface area contributed by atoms with Crippen LogP contribution in [0.4, 0.5) is 0 Å². The lowest BCUT2D eigenvalue weighted by molar-refractivity contribution is 0.0266. The van der Waals surface area contributed by atoms with Crippen molar-refractivity contribution < 1.29 is 5.11 Å². The molecule has 2 aliphatic rings. The Labute approximate surface area is 134 Å². The van der Waals surface area contributed by atoms with Gasteiger partial charge in [0.1, 0.15) is 0 Å². The Balaban J connectivity index is 1.63. The van der Waals surface area contributed by atoms with Crippen LogP contribution < -0.4 is 0 Å². The van der Waals surface area contributed by atoms with Crippen LogP contribution in [0.1, 0.15) is 43.2 Å². The van der Waals surface area contributed by atoms with Gasteiger partial charge in [-0.15, -0.1) is 0 Å². The Bertz CT molecular complexity index is 470. The van der Waals surface area contributed by atoms with Crippen molar-refractivity contribution in [2.75, 3.05) is 26.2 Å². The molecular formula is C19H30N2O. The molecule has 0 amide bonds. The standard InChI is InChI=1S/C19H30N2O/c1-16-6-2-3-7-17(16)14-20-11-12-21(18-8-4-5-9-18)19(15-20)10-13-22/h2-3,6-7,18-19,22H,4-5,8-15H2,1H3/t19-/m1/s1. The molecule has 1 atom stereocenters. The lowest BCUT2D eigenvalue weighted by atomic mass is 10.0. The fourth-order valence-corrected chi connectivity index (χ4v) is 4.23. The van der Waals surface area contributed by atoms with Crippen LogP contribution >= 0.6 is 0 Å². The summed E-state index contributed by atoms with van der Waals surface area (Å²) < 4.78 is 0. The van der Waals surface area contributed by atoms with Crippen LogP contribution in [0.15, 0.2) is 24.3 Å². The van der Waals surface area contributed by atoms with E-state index in [1.807, 2.05) is 0 Å². The summed E-state index contributed by atoms with van der Waals surface area (Å²) in [4.78, 5) is 5.28. The molecule has 1 saturated heterocycles. The lowest BCUT2D eigenvalue weighted by Crippen LogP contribution is -2.56. The first-order chi connectivity index (χ1) is 10.8. The van der Waals surface area contributed by atoms with Crippen molar-refractivity contribution in [2.24, 2.45) is 0 Å². The minimum atomic E-state index is 0.312. The van der Waals surface area contributed by atoms with Gasteiger partial charge in [-0.2, -0.15) is 0 Å². The van der Waals surface area contributed by atoms with E-state index in [1.54, 1.807) is 0 Å². The summed E-state index contributed by atoms with van der Waals surface area (Å²) in [6.45, 7) is 6.99. The Morgan fingerprint density at radius 2 is 1.91 bits per heavy atom. The minimum absolute atomic E-state index is 0.312. The molecule has 1 aliphatic carbocycles. The number of hydrogen-bond donors (Lipinski definition) is 1. The van der Waals surface area contributed by atoms with E-state index in [0.29, 0.717) is 12.6 Å². The molecule has 0 spiro atoms. The maximum atomic E-state index is 9.45. The van der Waals surface area contributed by atoms with Gasteiger partial charge in [-0.3, -0.25) is 9.80 Å². The van der Waals surface area contributed by atoms with E-state index < -0.39 is 0 Å². The van der Waals surface area contributed by atoms with E-state index in [2.05, 4.69) is 41.0 Å². The fourth-order valence-electron chi connectivity index (χ4n) is 4.23. The Kier molecular flexibility index (Phi) is 5.51. The monoisotopic (exact) mass is 302 g/mol. The first-order valence-corrected chi connectivity index (χ1v) is 8.91. The van der Waals surface area contributed by atoms with Crippen LogP contribution in [0.5, 0.6) is 0 Å². The van der Waals surface area contributed by atoms with Gasteiger partial charge in [-0.1, -0.05) is 37.1 Å². The third-order valence-corrected chi connectivity index (χ3v) is 5.52. The molecule has 1 heterocycles. The highest BCUT2D eigenvalue weighted by molar-refractivity contribution is 5.25. The molecule has 0 bridgehead atoms. The molecule has 3 rings (SSSR count). The summed E-state index contributed by atoms with van der Waals surface area (Å²) in [5.74, 6) is 0. The average molecular weight is 302 g/mol. The van der Waals surface area contributed by atoms with Gasteiger partial charge in [-0.25, -0.2) is 0 Å². The fraction of sp³-hybridized carbons (Fsp3) is 0.684. The van der Waals surface area contributed by atoms with Crippen molar-refractivity contribution in [3.8, 4) is 0 Å². The zero-order valence-electron chi connectivity index (χ0n) is 13.9. The topological polar surface area (TPSA) is 26.7 Å². The van der Waals surface area contributed by atoms with Crippen LogP contribution in [-0.4, -0.2) is 53.2 Å². The zero-order chi connectivity index (χ0) is 15.4. The highest BCUT2D eigenvalue weighted by Crippen LogP contribution is 2.28. The van der Waals surface area contributed by atoms with E-state index in [9.17, 15) is 5.11 Å². The molecule has 1 aliphatic heterocycles. The molecule has 1 aromatic rings. The predicted molar refractivity (Wildman–Crippen MR) is 90.9 cm³/mol. The van der Waals surface area contributed by atoms with Gasteiger partial charge in [0.15, 0.2) is 0 Å². The average Bonchev–Trinajstić information content (AvgIpc) is 3.04. The largest absolute Gasteiger partial charge is 0.396 e. The molecule has 1 saturated carbocycles. The smallest absolute Gasteiger partial charge is 0.0446 e. The van der Waals surface area contributed by atoms with Gasteiger partial charge >= 0.3 is 0 Å². The van der Waals surface area contributed by atoms with E-state index in [0.717, 1.165) is 32.1 Å². The van der Waals surface area contributed by atoms with Crippen molar-refractivity contribution in [3.63, 3.8) is 0 Å². The molecule has 0 unspecified atom stereocenters. The Morgan fingerprint density at radius 3 is 2.64 bits per heavy atom. The molecule has 0 aromatic heterocycles. The maximum Gasteiger partial charge on any atom is 0.0446 e. The molecule has 22 heavy (non-hydrogen) atoms. The summed E-state index contributed by atoms with van der Waals surface area (Å²) in [7, 11) is 0. The second kappa shape index (κ2) is 7.58. The SMILES string of the molecule is Cc1ccccc1CN1CCN(C2CCCC2)[C@H](CCO)C1. The number of aryl methyl sites for hydroxylation is 1. The molecule has 0 radical (unpaired) electrons. The number of hydrogen-bond acceptors (Lipinski definition) is 3. The number of piperazine rings is 1. The zero-order valence-corrected chi connectivity index (χ0v) is 13.9. The Hall–Kier alpha value is -0.900. The molecular weight excluding hydrogens is 272 g/mol. The number of nitrogens with zero attached hydrogens (tertiary/aromatic N) is 2. The number of benzene rings is 1. The molecule has 1 N–H and O–H groups in total. The van der Waals surface area contributed by atoms with Crippen LogP contribution in [0, 0.1) is 6.92 Å². The van der Waals surface area contributed by atoms with Gasteiger partial charge < -0.3 is 5.11 Å². The predicted octanol–water partition coefficient (Wildman–Crippen LogP) is 2.81. The van der Waals surface area contributed by atoms with Gasteiger partial charge in [0.05, 0.1) is 0 Å². The minimum Gasteiger partial charge on any atom is -0.396 e. The highest BCUT2D eigenvalue weighted by Gasteiger charge is 2.32. The van der Waals surface area contributed by atoms with Crippen LogP contribution in [-0.2, 0) is 6.54 Å². The summed E-state index contributed by atoms with van der Waals surface area (Å²) in [6.07, 6.45) is 6.42. The lowest BCUT2D eigenvalue weighted by Gasteiger charge is -2.44. The number of aliphatic hydroxyl groups excluding tert-OH is 1. The molecule has 122 valence electrons. The Morgan fingerprint density at radius 1 is 1.14 bits per heavy atom. The second-order valence-corrected chi connectivity index (χ2v) is 7.00. The summed E-state index contributed by atoms with van der Waals surface area (Å²) >= 11 is 0. The van der Waals surface area contributed by atoms with E-state index in [1.165, 1.54) is 43.4 Å². The van der Waals surface area contributed by atoms with Gasteiger partial charge in [0.2, 0.25) is 0 Å². The van der Waals surface area contributed by atoms with Crippen LogP contribution in [0.25, 0.3) is 0 Å². The van der Waals surface area contributed by atoms with Gasteiger partial charge in [0, 0.05) is 44.9 Å². The van der Waals surface area contributed by atoms with Gasteiger partial charge in [0.25, 0.3) is 0 Å². The summed E-state index contributed by atoms with van der Waals surface area (Å²) in [5.41, 5.74) is 2.83. The maximum absolute atomic E-state index is 9.45. The third kappa shape index (κ3) is 3.70. The van der Waals surface area contributed by atoms with E-state index in [-0.39, 0.29) is 0 Å². The first-order valence-electron chi connectivity index (χ1n) is 8.91.